The summed E-state index contributed by atoms with van der Waals surface area (Å²) in [4.78, 5) is 14.8. The van der Waals surface area contributed by atoms with Crippen molar-refractivity contribution in [3.05, 3.63) is 52.9 Å². The summed E-state index contributed by atoms with van der Waals surface area (Å²) >= 11 is 0. The van der Waals surface area contributed by atoms with E-state index in [1.54, 1.807) is 0 Å². The fourth-order valence-electron chi connectivity index (χ4n) is 3.35. The molecule has 0 saturated carbocycles. The minimum Gasteiger partial charge on any atom is -0.361 e. The summed E-state index contributed by atoms with van der Waals surface area (Å²) < 4.78 is 5.06. The predicted octanol–water partition coefficient (Wildman–Crippen LogP) is 3.31. The lowest BCUT2D eigenvalue weighted by atomic mass is 9.86. The van der Waals surface area contributed by atoms with E-state index in [1.807, 2.05) is 17.9 Å². The third-order valence-corrected chi connectivity index (χ3v) is 4.29. The third kappa shape index (κ3) is 2.78. The van der Waals surface area contributed by atoms with Crippen LogP contribution in [0.3, 0.4) is 0 Å². The maximum atomic E-state index is 12.7. The zero-order valence-electron chi connectivity index (χ0n) is 13.4. The van der Waals surface area contributed by atoms with Crippen molar-refractivity contribution in [2.75, 3.05) is 6.54 Å². The topological polar surface area (TPSA) is 46.3 Å². The molecule has 0 N–H and O–H groups in total. The molecule has 1 aliphatic rings. The number of fused-ring (bicyclic) bond motifs is 1. The normalized spacial score (nSPS) is 17.6. The van der Waals surface area contributed by atoms with Crippen LogP contribution in [0.15, 0.2) is 34.9 Å². The molecular weight excluding hydrogens is 276 g/mol. The van der Waals surface area contributed by atoms with Crippen molar-refractivity contribution >= 4 is 5.91 Å². The Hall–Kier alpha value is -2.10. The van der Waals surface area contributed by atoms with E-state index in [9.17, 15) is 4.79 Å². The first-order valence-corrected chi connectivity index (χ1v) is 7.85. The Kier molecular flexibility index (Phi) is 4.01. The maximum Gasteiger partial charge on any atom is 0.229 e. The van der Waals surface area contributed by atoms with E-state index >= 15 is 0 Å². The van der Waals surface area contributed by atoms with Crippen LogP contribution in [0.25, 0.3) is 0 Å². The summed E-state index contributed by atoms with van der Waals surface area (Å²) in [5, 5.41) is 3.94. The van der Waals surface area contributed by atoms with Crippen molar-refractivity contribution in [2.45, 2.75) is 39.7 Å². The third-order valence-electron chi connectivity index (χ3n) is 4.29. The van der Waals surface area contributed by atoms with E-state index in [0.717, 1.165) is 18.7 Å². The SMILES string of the molecule is Cc1cc(CC(=O)N2CCc3ccccc3C2C(C)C)no1. The van der Waals surface area contributed by atoms with Crippen LogP contribution in [0, 0.1) is 12.8 Å². The van der Waals surface area contributed by atoms with Gasteiger partial charge in [0.05, 0.1) is 18.2 Å². The van der Waals surface area contributed by atoms with Crippen molar-refractivity contribution < 1.29 is 9.32 Å². The number of hydrogen-bond acceptors (Lipinski definition) is 3. The van der Waals surface area contributed by atoms with Crippen molar-refractivity contribution in [1.82, 2.24) is 10.1 Å². The zero-order chi connectivity index (χ0) is 15.7. The number of rotatable bonds is 3. The molecule has 0 aliphatic carbocycles. The van der Waals surface area contributed by atoms with Gasteiger partial charge in [0.2, 0.25) is 5.91 Å². The Balaban J connectivity index is 1.85. The van der Waals surface area contributed by atoms with Crippen molar-refractivity contribution in [3.8, 4) is 0 Å². The van der Waals surface area contributed by atoms with Crippen LogP contribution in [0.1, 0.15) is 42.5 Å². The van der Waals surface area contributed by atoms with Gasteiger partial charge in [-0.1, -0.05) is 43.3 Å². The van der Waals surface area contributed by atoms with E-state index in [1.165, 1.54) is 11.1 Å². The highest BCUT2D eigenvalue weighted by Gasteiger charge is 2.32. The average molecular weight is 298 g/mol. The summed E-state index contributed by atoms with van der Waals surface area (Å²) in [5.74, 6) is 1.25. The molecule has 0 bridgehead atoms. The van der Waals surface area contributed by atoms with Gasteiger partial charge in [-0.2, -0.15) is 0 Å². The van der Waals surface area contributed by atoms with E-state index in [0.29, 0.717) is 18.0 Å². The van der Waals surface area contributed by atoms with Gasteiger partial charge < -0.3 is 9.42 Å². The van der Waals surface area contributed by atoms with Gasteiger partial charge in [0, 0.05) is 12.6 Å². The van der Waals surface area contributed by atoms with Crippen LogP contribution in [-0.4, -0.2) is 22.5 Å². The first kappa shape index (κ1) is 14.8. The van der Waals surface area contributed by atoms with Gasteiger partial charge in [0.1, 0.15) is 5.76 Å². The molecule has 1 unspecified atom stereocenters. The van der Waals surface area contributed by atoms with Gasteiger partial charge in [-0.25, -0.2) is 0 Å². The molecule has 1 amide bonds. The number of amides is 1. The lowest BCUT2D eigenvalue weighted by Crippen LogP contribution is -2.43. The lowest BCUT2D eigenvalue weighted by Gasteiger charge is -2.39. The summed E-state index contributed by atoms with van der Waals surface area (Å²) in [7, 11) is 0. The van der Waals surface area contributed by atoms with Gasteiger partial charge >= 0.3 is 0 Å². The Bertz CT molecular complexity index is 675. The molecule has 4 nitrogen and oxygen atoms in total. The highest BCUT2D eigenvalue weighted by atomic mass is 16.5. The molecule has 1 aliphatic heterocycles. The van der Waals surface area contributed by atoms with Gasteiger partial charge in [-0.05, 0) is 30.4 Å². The Morgan fingerprint density at radius 1 is 1.41 bits per heavy atom. The van der Waals surface area contributed by atoms with E-state index < -0.39 is 0 Å². The number of carbonyl (C=O) groups excluding carboxylic acids is 1. The van der Waals surface area contributed by atoms with E-state index in [4.69, 9.17) is 4.52 Å². The second-order valence-electron chi connectivity index (χ2n) is 6.33. The molecule has 3 rings (SSSR count). The molecule has 22 heavy (non-hydrogen) atoms. The van der Waals surface area contributed by atoms with Crippen LogP contribution in [0.2, 0.25) is 0 Å². The first-order chi connectivity index (χ1) is 10.6. The maximum absolute atomic E-state index is 12.7. The van der Waals surface area contributed by atoms with Crippen LogP contribution in [-0.2, 0) is 17.6 Å². The standard InChI is InChI=1S/C18H22N2O2/c1-12(2)18-16-7-5-4-6-14(16)8-9-20(18)17(21)11-15-10-13(3)22-19-15/h4-7,10,12,18H,8-9,11H2,1-3H3. The molecule has 2 heterocycles. The largest absolute Gasteiger partial charge is 0.361 e. The number of hydrogen-bond donors (Lipinski definition) is 0. The fourth-order valence-corrected chi connectivity index (χ4v) is 3.35. The molecule has 1 atom stereocenters. The lowest BCUT2D eigenvalue weighted by molar-refractivity contribution is -0.134. The number of benzene rings is 1. The van der Waals surface area contributed by atoms with Gasteiger partial charge in [-0.15, -0.1) is 0 Å². The monoisotopic (exact) mass is 298 g/mol. The van der Waals surface area contributed by atoms with Gasteiger partial charge in [0.25, 0.3) is 0 Å². The number of aryl methyl sites for hydroxylation is 1. The van der Waals surface area contributed by atoms with Crippen LogP contribution < -0.4 is 0 Å². The van der Waals surface area contributed by atoms with E-state index in [2.05, 4.69) is 43.3 Å². The summed E-state index contributed by atoms with van der Waals surface area (Å²) in [6.45, 7) is 6.96. The second-order valence-corrected chi connectivity index (χ2v) is 6.33. The number of carbonyl (C=O) groups is 1. The molecule has 1 aromatic carbocycles. The Morgan fingerprint density at radius 3 is 2.86 bits per heavy atom. The van der Waals surface area contributed by atoms with Crippen LogP contribution >= 0.6 is 0 Å². The minimum atomic E-state index is 0.126. The van der Waals surface area contributed by atoms with Crippen molar-refractivity contribution in [1.29, 1.82) is 0 Å². The molecule has 1 aromatic heterocycles. The van der Waals surface area contributed by atoms with Crippen molar-refractivity contribution in [3.63, 3.8) is 0 Å². The number of aromatic nitrogens is 1. The summed E-state index contributed by atoms with van der Waals surface area (Å²) in [6.07, 6.45) is 1.23. The van der Waals surface area contributed by atoms with Crippen LogP contribution in [0.4, 0.5) is 0 Å². The molecule has 0 fully saturated rings. The predicted molar refractivity (Wildman–Crippen MR) is 84.4 cm³/mol. The quantitative estimate of drug-likeness (QED) is 0.873. The Labute approximate surface area is 131 Å². The molecule has 116 valence electrons. The average Bonchev–Trinajstić information content (AvgIpc) is 2.90. The fraction of sp³-hybridized carbons (Fsp3) is 0.444. The molecular formula is C18H22N2O2. The minimum absolute atomic E-state index is 0.126. The number of nitrogens with zero attached hydrogens (tertiary/aromatic N) is 2. The molecule has 4 heteroatoms. The molecule has 0 saturated heterocycles. The smallest absolute Gasteiger partial charge is 0.229 e. The van der Waals surface area contributed by atoms with Crippen LogP contribution in [0.5, 0.6) is 0 Å². The summed E-state index contributed by atoms with van der Waals surface area (Å²) in [5.41, 5.74) is 3.36. The molecule has 2 aromatic rings. The van der Waals surface area contributed by atoms with Gasteiger partial charge in [-0.3, -0.25) is 4.79 Å². The Morgan fingerprint density at radius 2 is 2.18 bits per heavy atom. The highest BCUT2D eigenvalue weighted by Crippen LogP contribution is 2.35. The molecule has 0 radical (unpaired) electrons. The van der Waals surface area contributed by atoms with Crippen molar-refractivity contribution in [2.24, 2.45) is 5.92 Å². The second kappa shape index (κ2) is 5.95. The first-order valence-electron chi connectivity index (χ1n) is 7.85. The zero-order valence-corrected chi connectivity index (χ0v) is 13.4. The van der Waals surface area contributed by atoms with Gasteiger partial charge in [0.15, 0.2) is 0 Å². The van der Waals surface area contributed by atoms with E-state index in [-0.39, 0.29) is 11.9 Å². The molecule has 0 spiro atoms. The summed E-state index contributed by atoms with van der Waals surface area (Å²) in [6, 6.07) is 10.4. The highest BCUT2D eigenvalue weighted by molar-refractivity contribution is 5.79.